The van der Waals surface area contributed by atoms with E-state index in [-0.39, 0.29) is 11.4 Å². The van der Waals surface area contributed by atoms with Crippen LogP contribution in [0.15, 0.2) is 83.9 Å². The Morgan fingerprint density at radius 2 is 1.84 bits per heavy atom. The predicted octanol–water partition coefficient (Wildman–Crippen LogP) is 6.08. The van der Waals surface area contributed by atoms with Crippen molar-refractivity contribution >= 4 is 65.9 Å². The van der Waals surface area contributed by atoms with Gasteiger partial charge in [-0.25, -0.2) is 9.78 Å². The SMILES string of the molecule is COc1cccc2oc(-c3nc4ccccc4c(=O)n3N=Cc3cc(Br)c(O[C@H](C)C(=O)O)c(Br)c3)cc12. The summed E-state index contributed by atoms with van der Waals surface area (Å²) in [6.07, 6.45) is 0.444. The van der Waals surface area contributed by atoms with Gasteiger partial charge in [-0.15, -0.1) is 0 Å². The molecule has 0 bridgehead atoms. The van der Waals surface area contributed by atoms with Gasteiger partial charge >= 0.3 is 5.97 Å². The van der Waals surface area contributed by atoms with E-state index in [9.17, 15) is 9.59 Å². The normalized spacial score (nSPS) is 12.3. The Labute approximate surface area is 232 Å². The van der Waals surface area contributed by atoms with Crippen LogP contribution >= 0.6 is 31.9 Å². The zero-order chi connectivity index (χ0) is 27.0. The molecule has 5 aromatic rings. The summed E-state index contributed by atoms with van der Waals surface area (Å²) in [5.74, 6) is 0.437. The van der Waals surface area contributed by atoms with Gasteiger partial charge in [0.15, 0.2) is 11.9 Å². The number of benzene rings is 3. The summed E-state index contributed by atoms with van der Waals surface area (Å²) in [5, 5.41) is 14.8. The summed E-state index contributed by atoms with van der Waals surface area (Å²) in [7, 11) is 1.57. The minimum atomic E-state index is -1.09. The number of rotatable bonds is 7. The average Bonchev–Trinajstić information content (AvgIpc) is 3.34. The van der Waals surface area contributed by atoms with Gasteiger partial charge < -0.3 is 19.0 Å². The van der Waals surface area contributed by atoms with Crippen molar-refractivity contribution in [1.82, 2.24) is 9.66 Å². The van der Waals surface area contributed by atoms with Crippen LogP contribution in [0.25, 0.3) is 33.5 Å². The first-order valence-corrected chi connectivity index (χ1v) is 12.9. The molecule has 0 unspecified atom stereocenters. The minimum Gasteiger partial charge on any atom is -0.496 e. The van der Waals surface area contributed by atoms with E-state index in [4.69, 9.17) is 19.0 Å². The van der Waals surface area contributed by atoms with Crippen LogP contribution in [0, 0.1) is 0 Å². The Bertz CT molecular complexity index is 1770. The van der Waals surface area contributed by atoms with Gasteiger partial charge in [-0.3, -0.25) is 4.79 Å². The molecule has 9 nitrogen and oxygen atoms in total. The van der Waals surface area contributed by atoms with E-state index in [1.165, 1.54) is 17.8 Å². The molecular weight excluding hydrogens is 622 g/mol. The zero-order valence-electron chi connectivity index (χ0n) is 20.0. The first kappa shape index (κ1) is 25.7. The molecule has 0 aliphatic rings. The molecule has 1 N–H and O–H groups in total. The van der Waals surface area contributed by atoms with Crippen molar-refractivity contribution in [3.8, 4) is 23.1 Å². The van der Waals surface area contributed by atoms with Gasteiger partial charge in [-0.1, -0.05) is 18.2 Å². The molecule has 3 aromatic carbocycles. The third-order valence-corrected chi connectivity index (χ3v) is 6.88. The highest BCUT2D eigenvalue weighted by Crippen LogP contribution is 2.36. The number of hydrogen-bond donors (Lipinski definition) is 1. The van der Waals surface area contributed by atoms with Crippen LogP contribution in [0.1, 0.15) is 12.5 Å². The van der Waals surface area contributed by atoms with Crippen LogP contribution in [0.4, 0.5) is 0 Å². The van der Waals surface area contributed by atoms with Crippen LogP contribution in [-0.4, -0.2) is 40.2 Å². The maximum Gasteiger partial charge on any atom is 0.344 e. The van der Waals surface area contributed by atoms with E-state index in [1.54, 1.807) is 55.6 Å². The summed E-state index contributed by atoms with van der Waals surface area (Å²) in [6, 6.07) is 17.6. The van der Waals surface area contributed by atoms with Crippen LogP contribution in [-0.2, 0) is 4.79 Å². The van der Waals surface area contributed by atoms with Gasteiger partial charge in [-0.2, -0.15) is 9.78 Å². The molecule has 0 fully saturated rings. The van der Waals surface area contributed by atoms with Gasteiger partial charge in [0.25, 0.3) is 5.56 Å². The Kier molecular flexibility index (Phi) is 7.04. The van der Waals surface area contributed by atoms with E-state index in [0.717, 1.165) is 5.39 Å². The highest BCUT2D eigenvalue weighted by molar-refractivity contribution is 9.11. The summed E-state index contributed by atoms with van der Waals surface area (Å²) < 4.78 is 19.2. The summed E-state index contributed by atoms with van der Waals surface area (Å²) in [6.45, 7) is 1.44. The van der Waals surface area contributed by atoms with Crippen molar-refractivity contribution in [2.45, 2.75) is 13.0 Å². The maximum atomic E-state index is 13.5. The third kappa shape index (κ3) is 4.82. The number of nitrogens with zero attached hydrogens (tertiary/aromatic N) is 3. The quantitative estimate of drug-likeness (QED) is 0.214. The molecule has 2 aromatic heterocycles. The highest BCUT2D eigenvalue weighted by atomic mass is 79.9. The number of aromatic nitrogens is 2. The van der Waals surface area contributed by atoms with Crippen LogP contribution in [0.2, 0.25) is 0 Å². The molecule has 5 rings (SSSR count). The zero-order valence-corrected chi connectivity index (χ0v) is 23.2. The lowest BCUT2D eigenvalue weighted by atomic mass is 10.2. The molecule has 11 heteroatoms. The second-order valence-corrected chi connectivity index (χ2v) is 9.92. The largest absolute Gasteiger partial charge is 0.496 e. The lowest BCUT2D eigenvalue weighted by Crippen LogP contribution is -2.23. The first-order chi connectivity index (χ1) is 18.3. The molecular formula is C27H19Br2N3O6. The van der Waals surface area contributed by atoms with Crippen LogP contribution in [0.3, 0.4) is 0 Å². The molecule has 0 aliphatic carbocycles. The molecule has 0 saturated heterocycles. The summed E-state index contributed by atoms with van der Waals surface area (Å²) in [5.41, 5.74) is 1.32. The molecule has 38 heavy (non-hydrogen) atoms. The Balaban J connectivity index is 1.63. The smallest absolute Gasteiger partial charge is 0.344 e. The van der Waals surface area contributed by atoms with E-state index < -0.39 is 12.1 Å². The lowest BCUT2D eigenvalue weighted by molar-refractivity contribution is -0.144. The van der Waals surface area contributed by atoms with Crippen LogP contribution < -0.4 is 15.0 Å². The van der Waals surface area contributed by atoms with Crippen molar-refractivity contribution in [1.29, 1.82) is 0 Å². The maximum absolute atomic E-state index is 13.5. The van der Waals surface area contributed by atoms with E-state index in [1.807, 2.05) is 12.1 Å². The van der Waals surface area contributed by atoms with E-state index in [2.05, 4.69) is 41.9 Å². The molecule has 1 atom stereocenters. The number of aliphatic carboxylic acids is 1. The van der Waals surface area contributed by atoms with Gasteiger partial charge in [-0.05, 0) is 86.8 Å². The van der Waals surface area contributed by atoms with Crippen molar-refractivity contribution < 1.29 is 23.8 Å². The van der Waals surface area contributed by atoms with Gasteiger partial charge in [0, 0.05) is 0 Å². The van der Waals surface area contributed by atoms with Crippen LogP contribution in [0.5, 0.6) is 11.5 Å². The van der Waals surface area contributed by atoms with Gasteiger partial charge in [0.1, 0.15) is 17.1 Å². The molecule has 192 valence electrons. The Hall–Kier alpha value is -3.96. The van der Waals surface area contributed by atoms with E-state index >= 15 is 0 Å². The molecule has 0 aliphatic heterocycles. The fraction of sp³-hybridized carbons (Fsp3) is 0.111. The number of halogens is 2. The Morgan fingerprint density at radius 1 is 1.11 bits per heavy atom. The molecule has 0 saturated carbocycles. The van der Waals surface area contributed by atoms with Gasteiger partial charge in [0.2, 0.25) is 5.82 Å². The predicted molar refractivity (Wildman–Crippen MR) is 150 cm³/mol. The van der Waals surface area contributed by atoms with Crippen molar-refractivity contribution in [2.24, 2.45) is 5.10 Å². The topological polar surface area (TPSA) is 116 Å². The molecule has 0 spiro atoms. The van der Waals surface area contributed by atoms with Crippen molar-refractivity contribution in [3.05, 3.63) is 85.5 Å². The average molecular weight is 641 g/mol. The highest BCUT2D eigenvalue weighted by Gasteiger charge is 2.19. The number of fused-ring (bicyclic) bond motifs is 2. The minimum absolute atomic E-state index is 0.219. The van der Waals surface area contributed by atoms with E-state index in [0.29, 0.717) is 48.3 Å². The Morgan fingerprint density at radius 3 is 2.55 bits per heavy atom. The number of hydrogen-bond acceptors (Lipinski definition) is 7. The number of methoxy groups -OCH3 is 1. The second kappa shape index (κ2) is 10.4. The standard InChI is InChI=1S/C27H19Br2N3O6/c1-14(27(34)35)37-24-18(28)10-15(11-19(24)29)13-30-32-25(31-20-7-4-3-6-16(20)26(32)33)23-12-17-21(36-2)8-5-9-22(17)38-23/h3-14H,1-2H3,(H,34,35)/t14-/m1/s1. The third-order valence-electron chi connectivity index (χ3n) is 5.70. The first-order valence-electron chi connectivity index (χ1n) is 11.3. The molecule has 2 heterocycles. The monoisotopic (exact) mass is 639 g/mol. The molecule has 0 radical (unpaired) electrons. The number of carbonyl (C=O) groups is 1. The second-order valence-electron chi connectivity index (χ2n) is 8.21. The lowest BCUT2D eigenvalue weighted by Gasteiger charge is -2.14. The summed E-state index contributed by atoms with van der Waals surface area (Å²) in [4.78, 5) is 29.4. The number of furan rings is 1. The number of carboxylic acids is 1. The number of para-hydroxylation sites is 1. The van der Waals surface area contributed by atoms with Crippen molar-refractivity contribution in [2.75, 3.05) is 7.11 Å². The fourth-order valence-electron chi connectivity index (χ4n) is 3.83. The summed E-state index contributed by atoms with van der Waals surface area (Å²) >= 11 is 6.83. The van der Waals surface area contributed by atoms with Crippen molar-refractivity contribution in [3.63, 3.8) is 0 Å². The number of ether oxygens (including phenoxy) is 2. The number of carboxylic acid groups (broad SMARTS) is 1. The fourth-order valence-corrected chi connectivity index (χ4v) is 5.24. The molecule has 0 amide bonds. The van der Waals surface area contributed by atoms with Gasteiger partial charge in [0.05, 0.1) is 38.6 Å².